The molecule has 0 aliphatic carbocycles. The number of nitrogens with zero attached hydrogens (tertiary/aromatic N) is 3. The Hall–Kier alpha value is -0.870. The van der Waals surface area contributed by atoms with Gasteiger partial charge in [-0.15, -0.1) is 0 Å². The van der Waals surface area contributed by atoms with Crippen molar-refractivity contribution in [1.29, 1.82) is 0 Å². The van der Waals surface area contributed by atoms with Crippen molar-refractivity contribution in [3.63, 3.8) is 0 Å². The van der Waals surface area contributed by atoms with E-state index >= 15 is 0 Å². The van der Waals surface area contributed by atoms with Gasteiger partial charge in [0.05, 0.1) is 0 Å². The molecule has 82 valence electrons. The maximum atomic E-state index is 9.05. The Morgan fingerprint density at radius 3 is 3.00 bits per heavy atom. The van der Waals surface area contributed by atoms with Gasteiger partial charge in [-0.05, 0) is 24.9 Å². The monoisotopic (exact) mass is 227 g/mol. The Balaban J connectivity index is 2.16. The number of aliphatic hydroxyl groups excluding tert-OH is 1. The highest BCUT2D eigenvalue weighted by atomic mass is 35.5. The fourth-order valence-corrected chi connectivity index (χ4v) is 2.09. The molecule has 2 rings (SSSR count). The van der Waals surface area contributed by atoms with E-state index in [-0.39, 0.29) is 11.9 Å². The summed E-state index contributed by atoms with van der Waals surface area (Å²) in [6.07, 6.45) is 1.01. The molecule has 1 aromatic rings. The van der Waals surface area contributed by atoms with Gasteiger partial charge in [0.1, 0.15) is 5.82 Å². The van der Waals surface area contributed by atoms with Gasteiger partial charge in [0, 0.05) is 37.4 Å². The number of halogens is 1. The summed E-state index contributed by atoms with van der Waals surface area (Å²) in [7, 11) is 0. The molecule has 15 heavy (non-hydrogen) atoms. The smallest absolute Gasteiger partial charge is 0.224 e. The topological polar surface area (TPSA) is 49.2 Å². The average Bonchev–Trinajstić information content (AvgIpc) is 2.64. The number of aliphatic hydroxyl groups is 1. The SMILES string of the molecule is Cc1cc(N2CCC(CO)C2)nc(Cl)n1. The predicted molar refractivity (Wildman–Crippen MR) is 59.2 cm³/mol. The molecular weight excluding hydrogens is 214 g/mol. The molecule has 0 bridgehead atoms. The van der Waals surface area contributed by atoms with Gasteiger partial charge < -0.3 is 10.0 Å². The summed E-state index contributed by atoms with van der Waals surface area (Å²) < 4.78 is 0. The summed E-state index contributed by atoms with van der Waals surface area (Å²) in [5.41, 5.74) is 0.873. The van der Waals surface area contributed by atoms with Gasteiger partial charge in [0.15, 0.2) is 0 Å². The van der Waals surface area contributed by atoms with E-state index in [9.17, 15) is 0 Å². The van der Waals surface area contributed by atoms with E-state index in [1.54, 1.807) is 0 Å². The molecule has 0 spiro atoms. The Labute approximate surface area is 93.9 Å². The first-order valence-electron chi connectivity index (χ1n) is 5.06. The third kappa shape index (κ3) is 2.38. The normalized spacial score (nSPS) is 21.0. The number of hydrogen-bond donors (Lipinski definition) is 1. The van der Waals surface area contributed by atoms with E-state index in [2.05, 4.69) is 14.9 Å². The van der Waals surface area contributed by atoms with Gasteiger partial charge in [-0.25, -0.2) is 9.97 Å². The van der Waals surface area contributed by atoms with Crippen molar-refractivity contribution in [3.05, 3.63) is 17.0 Å². The largest absolute Gasteiger partial charge is 0.396 e. The first-order valence-corrected chi connectivity index (χ1v) is 5.44. The zero-order valence-electron chi connectivity index (χ0n) is 8.65. The van der Waals surface area contributed by atoms with Crippen molar-refractivity contribution in [2.45, 2.75) is 13.3 Å². The Kier molecular flexibility index (Phi) is 3.07. The summed E-state index contributed by atoms with van der Waals surface area (Å²) in [6, 6.07) is 1.92. The van der Waals surface area contributed by atoms with Crippen molar-refractivity contribution in [1.82, 2.24) is 9.97 Å². The molecule has 1 N–H and O–H groups in total. The Morgan fingerprint density at radius 2 is 2.40 bits per heavy atom. The van der Waals surface area contributed by atoms with Crippen LogP contribution in [-0.4, -0.2) is 34.8 Å². The predicted octanol–water partition coefficient (Wildman–Crippen LogP) is 1.26. The van der Waals surface area contributed by atoms with Crippen molar-refractivity contribution >= 4 is 17.4 Å². The van der Waals surface area contributed by atoms with Crippen molar-refractivity contribution in [3.8, 4) is 0 Å². The van der Waals surface area contributed by atoms with Gasteiger partial charge in [-0.3, -0.25) is 0 Å². The number of rotatable bonds is 2. The summed E-state index contributed by atoms with van der Waals surface area (Å²) in [6.45, 7) is 3.92. The first kappa shape index (κ1) is 10.6. The summed E-state index contributed by atoms with van der Waals surface area (Å²) in [5.74, 6) is 1.22. The number of anilines is 1. The number of aryl methyl sites for hydroxylation is 1. The van der Waals surface area contributed by atoms with Crippen LogP contribution in [0, 0.1) is 12.8 Å². The van der Waals surface area contributed by atoms with Crippen LogP contribution in [0.15, 0.2) is 6.07 Å². The highest BCUT2D eigenvalue weighted by Gasteiger charge is 2.23. The lowest BCUT2D eigenvalue weighted by Gasteiger charge is -2.17. The molecule has 0 aromatic carbocycles. The van der Waals surface area contributed by atoms with Crippen LogP contribution in [0.3, 0.4) is 0 Å². The molecule has 2 heterocycles. The molecule has 0 radical (unpaired) electrons. The minimum atomic E-state index is 0.244. The van der Waals surface area contributed by atoms with Crippen LogP contribution in [0.4, 0.5) is 5.82 Å². The van der Waals surface area contributed by atoms with Crippen molar-refractivity contribution in [2.24, 2.45) is 5.92 Å². The van der Waals surface area contributed by atoms with Gasteiger partial charge in [-0.1, -0.05) is 0 Å². The summed E-state index contributed by atoms with van der Waals surface area (Å²) in [4.78, 5) is 10.3. The third-order valence-corrected chi connectivity index (χ3v) is 2.85. The van der Waals surface area contributed by atoms with E-state index in [0.717, 1.165) is 31.0 Å². The van der Waals surface area contributed by atoms with Crippen molar-refractivity contribution < 1.29 is 5.11 Å². The van der Waals surface area contributed by atoms with Crippen LogP contribution >= 0.6 is 11.6 Å². The minimum absolute atomic E-state index is 0.244. The van der Waals surface area contributed by atoms with Crippen LogP contribution in [0.1, 0.15) is 12.1 Å². The Morgan fingerprint density at radius 1 is 1.60 bits per heavy atom. The van der Waals surface area contributed by atoms with Gasteiger partial charge in [0.2, 0.25) is 5.28 Å². The van der Waals surface area contributed by atoms with Crippen LogP contribution in [0.25, 0.3) is 0 Å². The summed E-state index contributed by atoms with van der Waals surface area (Å²) >= 11 is 5.80. The molecule has 0 saturated carbocycles. The van der Waals surface area contributed by atoms with E-state index in [1.807, 2.05) is 13.0 Å². The van der Waals surface area contributed by atoms with Crippen LogP contribution < -0.4 is 4.90 Å². The minimum Gasteiger partial charge on any atom is -0.396 e. The van der Waals surface area contributed by atoms with Crippen molar-refractivity contribution in [2.75, 3.05) is 24.6 Å². The number of hydrogen-bond acceptors (Lipinski definition) is 4. The molecular formula is C10H14ClN3O. The van der Waals surface area contributed by atoms with Gasteiger partial charge >= 0.3 is 0 Å². The molecule has 1 saturated heterocycles. The molecule has 1 aliphatic rings. The maximum Gasteiger partial charge on any atom is 0.224 e. The lowest BCUT2D eigenvalue weighted by molar-refractivity contribution is 0.238. The zero-order chi connectivity index (χ0) is 10.8. The molecule has 4 nitrogen and oxygen atoms in total. The van der Waals surface area contributed by atoms with Crippen LogP contribution in [-0.2, 0) is 0 Å². The van der Waals surface area contributed by atoms with E-state index in [1.165, 1.54) is 0 Å². The highest BCUT2D eigenvalue weighted by molar-refractivity contribution is 6.28. The molecule has 1 unspecified atom stereocenters. The van der Waals surface area contributed by atoms with E-state index in [0.29, 0.717) is 5.92 Å². The van der Waals surface area contributed by atoms with Crippen LogP contribution in [0.5, 0.6) is 0 Å². The number of aromatic nitrogens is 2. The lowest BCUT2D eigenvalue weighted by Crippen LogP contribution is -2.22. The van der Waals surface area contributed by atoms with Gasteiger partial charge in [-0.2, -0.15) is 0 Å². The Bertz CT molecular complexity index is 338. The standard InChI is InChI=1S/C10H14ClN3O/c1-7-4-9(13-10(11)12-7)14-3-2-8(5-14)6-15/h4,8,15H,2-3,5-6H2,1H3. The highest BCUT2D eigenvalue weighted by Crippen LogP contribution is 2.23. The molecule has 1 atom stereocenters. The summed E-state index contributed by atoms with van der Waals surface area (Å²) in [5, 5.41) is 9.34. The van der Waals surface area contributed by atoms with Gasteiger partial charge in [0.25, 0.3) is 0 Å². The fourth-order valence-electron chi connectivity index (χ4n) is 1.87. The lowest BCUT2D eigenvalue weighted by atomic mass is 10.1. The van der Waals surface area contributed by atoms with E-state index < -0.39 is 0 Å². The molecule has 5 heteroatoms. The third-order valence-electron chi connectivity index (χ3n) is 2.68. The second-order valence-corrected chi connectivity index (χ2v) is 4.26. The fraction of sp³-hybridized carbons (Fsp3) is 0.600. The quantitative estimate of drug-likeness (QED) is 0.773. The second kappa shape index (κ2) is 4.33. The zero-order valence-corrected chi connectivity index (χ0v) is 9.41. The first-order chi connectivity index (χ1) is 7.19. The molecule has 1 aliphatic heterocycles. The van der Waals surface area contributed by atoms with E-state index in [4.69, 9.17) is 16.7 Å². The molecule has 0 amide bonds. The maximum absolute atomic E-state index is 9.05. The molecule has 1 fully saturated rings. The second-order valence-electron chi connectivity index (χ2n) is 3.92. The van der Waals surface area contributed by atoms with Crippen LogP contribution in [0.2, 0.25) is 5.28 Å². The molecule has 1 aromatic heterocycles. The average molecular weight is 228 g/mol.